The van der Waals surface area contributed by atoms with Gasteiger partial charge in [0.1, 0.15) is 12.1 Å². The molecule has 2 heterocycles. The summed E-state index contributed by atoms with van der Waals surface area (Å²) in [4.78, 5) is 10.4. The molecule has 76 valence electrons. The van der Waals surface area contributed by atoms with E-state index in [0.29, 0.717) is 19.0 Å². The van der Waals surface area contributed by atoms with E-state index in [0.717, 1.165) is 11.5 Å². The molecule has 0 atom stereocenters. The average molecular weight is 193 g/mol. The Bertz CT molecular complexity index is 321. The molecule has 1 aromatic rings. The van der Waals surface area contributed by atoms with Crippen LogP contribution in [0.5, 0.6) is 0 Å². The van der Waals surface area contributed by atoms with Gasteiger partial charge >= 0.3 is 0 Å². The van der Waals surface area contributed by atoms with Crippen molar-refractivity contribution in [2.75, 3.05) is 18.0 Å². The molecule has 2 rings (SSSR count). The zero-order chi connectivity index (χ0) is 10.1. The van der Waals surface area contributed by atoms with E-state index in [1.54, 1.807) is 6.33 Å². The highest BCUT2D eigenvalue weighted by Gasteiger charge is 2.25. The summed E-state index contributed by atoms with van der Waals surface area (Å²) in [7, 11) is 0. The fourth-order valence-corrected chi connectivity index (χ4v) is 1.49. The number of aromatic nitrogens is 2. The number of anilines is 1. The van der Waals surface area contributed by atoms with Crippen molar-refractivity contribution in [1.29, 1.82) is 0 Å². The summed E-state index contributed by atoms with van der Waals surface area (Å²) >= 11 is 0. The minimum Gasteiger partial charge on any atom is -0.389 e. The normalized spacial score (nSPS) is 17.3. The van der Waals surface area contributed by atoms with Gasteiger partial charge in [0.2, 0.25) is 0 Å². The van der Waals surface area contributed by atoms with Gasteiger partial charge in [-0.25, -0.2) is 9.97 Å². The van der Waals surface area contributed by atoms with Crippen LogP contribution in [0.2, 0.25) is 0 Å². The van der Waals surface area contributed by atoms with Crippen LogP contribution in [0, 0.1) is 0 Å². The second kappa shape index (κ2) is 3.53. The predicted molar refractivity (Wildman–Crippen MR) is 54.3 cm³/mol. The molecule has 1 aliphatic rings. The summed E-state index contributed by atoms with van der Waals surface area (Å²) in [5.41, 5.74) is 1.05. The highest BCUT2D eigenvalue weighted by Crippen LogP contribution is 2.20. The molecule has 4 heteroatoms. The standard InChI is InChI=1S/C10H15N3O/c1-7(2)9-3-10(12-6-11-9)13-4-8(14)5-13/h3,6-8,14H,4-5H2,1-2H3. The van der Waals surface area contributed by atoms with E-state index >= 15 is 0 Å². The SMILES string of the molecule is CC(C)c1cc(N2CC(O)C2)ncn1. The number of hydrogen-bond acceptors (Lipinski definition) is 4. The highest BCUT2D eigenvalue weighted by molar-refractivity contribution is 5.42. The first-order chi connectivity index (χ1) is 6.66. The van der Waals surface area contributed by atoms with Gasteiger partial charge in [-0.1, -0.05) is 13.8 Å². The van der Waals surface area contributed by atoms with Crippen LogP contribution in [0.15, 0.2) is 12.4 Å². The number of aliphatic hydroxyl groups excluding tert-OH is 1. The van der Waals surface area contributed by atoms with Gasteiger partial charge in [0.15, 0.2) is 0 Å². The maximum atomic E-state index is 9.17. The zero-order valence-corrected chi connectivity index (χ0v) is 8.51. The van der Waals surface area contributed by atoms with Crippen LogP contribution in [0.4, 0.5) is 5.82 Å². The number of rotatable bonds is 2. The predicted octanol–water partition coefficient (Wildman–Crippen LogP) is 0.781. The smallest absolute Gasteiger partial charge is 0.132 e. The third-order valence-corrected chi connectivity index (χ3v) is 2.45. The molecular weight excluding hydrogens is 178 g/mol. The molecule has 0 unspecified atom stereocenters. The van der Waals surface area contributed by atoms with Gasteiger partial charge in [-0.3, -0.25) is 0 Å². The first kappa shape index (κ1) is 9.40. The van der Waals surface area contributed by atoms with Crippen molar-refractivity contribution >= 4 is 5.82 Å². The first-order valence-corrected chi connectivity index (χ1v) is 4.92. The Labute approximate surface area is 83.6 Å². The van der Waals surface area contributed by atoms with Crippen LogP contribution < -0.4 is 4.90 Å². The largest absolute Gasteiger partial charge is 0.389 e. The summed E-state index contributed by atoms with van der Waals surface area (Å²) in [6.07, 6.45) is 1.41. The van der Waals surface area contributed by atoms with E-state index in [9.17, 15) is 5.11 Å². The second-order valence-corrected chi connectivity index (χ2v) is 4.01. The average Bonchev–Trinajstić information content (AvgIpc) is 2.13. The van der Waals surface area contributed by atoms with Gasteiger partial charge in [0.25, 0.3) is 0 Å². The Hall–Kier alpha value is -1.16. The molecule has 14 heavy (non-hydrogen) atoms. The third kappa shape index (κ3) is 1.70. The summed E-state index contributed by atoms with van der Waals surface area (Å²) in [5, 5.41) is 9.17. The second-order valence-electron chi connectivity index (χ2n) is 4.01. The van der Waals surface area contributed by atoms with Crippen LogP contribution in [-0.4, -0.2) is 34.3 Å². The number of hydrogen-bond donors (Lipinski definition) is 1. The summed E-state index contributed by atoms with van der Waals surface area (Å²) in [6.45, 7) is 5.59. The molecule has 1 fully saturated rings. The van der Waals surface area contributed by atoms with Crippen LogP contribution in [0.3, 0.4) is 0 Å². The van der Waals surface area contributed by atoms with Crippen LogP contribution in [-0.2, 0) is 0 Å². The van der Waals surface area contributed by atoms with Crippen molar-refractivity contribution in [2.24, 2.45) is 0 Å². The lowest BCUT2D eigenvalue weighted by molar-refractivity contribution is 0.141. The van der Waals surface area contributed by atoms with Crippen molar-refractivity contribution in [1.82, 2.24) is 9.97 Å². The Kier molecular flexibility index (Phi) is 2.37. The molecule has 0 amide bonds. The lowest BCUT2D eigenvalue weighted by Gasteiger charge is -2.36. The molecule has 0 bridgehead atoms. The summed E-state index contributed by atoms with van der Waals surface area (Å²) in [5.74, 6) is 1.34. The molecule has 0 spiro atoms. The molecule has 1 aliphatic heterocycles. The van der Waals surface area contributed by atoms with E-state index in [-0.39, 0.29) is 6.10 Å². The molecule has 0 aliphatic carbocycles. The monoisotopic (exact) mass is 193 g/mol. The molecule has 0 saturated carbocycles. The van der Waals surface area contributed by atoms with Gasteiger partial charge in [-0.2, -0.15) is 0 Å². The molecule has 4 nitrogen and oxygen atoms in total. The molecule has 1 aromatic heterocycles. The fourth-order valence-electron chi connectivity index (χ4n) is 1.49. The number of aliphatic hydroxyl groups is 1. The van der Waals surface area contributed by atoms with E-state index in [1.165, 1.54) is 0 Å². The molecule has 0 aromatic carbocycles. The van der Waals surface area contributed by atoms with Gasteiger partial charge in [-0.05, 0) is 5.92 Å². The van der Waals surface area contributed by atoms with Gasteiger partial charge in [0.05, 0.1) is 6.10 Å². The minimum atomic E-state index is -0.188. The third-order valence-electron chi connectivity index (χ3n) is 2.45. The summed E-state index contributed by atoms with van der Waals surface area (Å²) in [6, 6.07) is 2.00. The van der Waals surface area contributed by atoms with Crippen LogP contribution in [0.1, 0.15) is 25.5 Å². The van der Waals surface area contributed by atoms with Crippen molar-refractivity contribution in [3.05, 3.63) is 18.1 Å². The number of nitrogens with zero attached hydrogens (tertiary/aromatic N) is 3. The van der Waals surface area contributed by atoms with Crippen LogP contribution in [0.25, 0.3) is 0 Å². The van der Waals surface area contributed by atoms with Gasteiger partial charge in [-0.15, -0.1) is 0 Å². The van der Waals surface area contributed by atoms with Crippen molar-refractivity contribution in [3.63, 3.8) is 0 Å². The molecular formula is C10H15N3O. The van der Waals surface area contributed by atoms with E-state index in [4.69, 9.17) is 0 Å². The Morgan fingerprint density at radius 2 is 2.14 bits per heavy atom. The maximum Gasteiger partial charge on any atom is 0.132 e. The maximum absolute atomic E-state index is 9.17. The quantitative estimate of drug-likeness (QED) is 0.754. The zero-order valence-electron chi connectivity index (χ0n) is 8.51. The molecule has 1 N–H and O–H groups in total. The van der Waals surface area contributed by atoms with Crippen molar-refractivity contribution < 1.29 is 5.11 Å². The van der Waals surface area contributed by atoms with E-state index < -0.39 is 0 Å². The first-order valence-electron chi connectivity index (χ1n) is 4.92. The highest BCUT2D eigenvalue weighted by atomic mass is 16.3. The summed E-state index contributed by atoms with van der Waals surface area (Å²) < 4.78 is 0. The Morgan fingerprint density at radius 1 is 1.43 bits per heavy atom. The van der Waals surface area contributed by atoms with E-state index in [2.05, 4.69) is 28.7 Å². The van der Waals surface area contributed by atoms with Gasteiger partial charge in [0, 0.05) is 24.8 Å². The van der Waals surface area contributed by atoms with Crippen molar-refractivity contribution in [2.45, 2.75) is 25.9 Å². The fraction of sp³-hybridized carbons (Fsp3) is 0.600. The minimum absolute atomic E-state index is 0.188. The van der Waals surface area contributed by atoms with Crippen LogP contribution >= 0.6 is 0 Å². The van der Waals surface area contributed by atoms with Gasteiger partial charge < -0.3 is 10.0 Å². The Balaban J connectivity index is 2.14. The van der Waals surface area contributed by atoms with E-state index in [1.807, 2.05) is 6.07 Å². The lowest BCUT2D eigenvalue weighted by atomic mass is 10.1. The lowest BCUT2D eigenvalue weighted by Crippen LogP contribution is -2.51. The number of β-amino-alcohol motifs (C(OH)–C–C–N with tert-alkyl or cyclic N) is 1. The molecule has 1 saturated heterocycles. The topological polar surface area (TPSA) is 49.2 Å². The molecule has 0 radical (unpaired) electrons. The van der Waals surface area contributed by atoms with Crippen molar-refractivity contribution in [3.8, 4) is 0 Å². The Morgan fingerprint density at radius 3 is 2.71 bits per heavy atom.